The molecule has 1 aromatic heterocycles. The van der Waals surface area contributed by atoms with E-state index in [1.54, 1.807) is 11.3 Å². The highest BCUT2D eigenvalue weighted by Crippen LogP contribution is 2.23. The lowest BCUT2D eigenvalue weighted by Crippen LogP contribution is -2.23. The molecule has 5 heteroatoms. The van der Waals surface area contributed by atoms with Crippen molar-refractivity contribution in [2.24, 2.45) is 0 Å². The van der Waals surface area contributed by atoms with Gasteiger partial charge in [-0.3, -0.25) is 4.79 Å². The Morgan fingerprint density at radius 3 is 2.59 bits per heavy atom. The van der Waals surface area contributed by atoms with Gasteiger partial charge in [-0.1, -0.05) is 42.5 Å². The zero-order chi connectivity index (χ0) is 15.4. The molecule has 0 aliphatic heterocycles. The van der Waals surface area contributed by atoms with Gasteiger partial charge in [0, 0.05) is 14.5 Å². The van der Waals surface area contributed by atoms with Crippen LogP contribution in [0.3, 0.4) is 0 Å². The van der Waals surface area contributed by atoms with Crippen LogP contribution in [0.1, 0.15) is 16.1 Å². The van der Waals surface area contributed by atoms with Gasteiger partial charge in [0.05, 0.1) is 17.8 Å². The summed E-state index contributed by atoms with van der Waals surface area (Å²) in [6.45, 7) is 0.438. The Hall–Kier alpha value is -1.73. The highest BCUT2D eigenvalue weighted by atomic mass is 127. The van der Waals surface area contributed by atoms with E-state index in [1.165, 1.54) is 0 Å². The first-order valence-corrected chi connectivity index (χ1v) is 8.72. The minimum Gasteiger partial charge on any atom is -0.346 e. The molecule has 110 valence electrons. The molecular formula is C17H13IN2OS. The average Bonchev–Trinajstić information content (AvgIpc) is 3.03. The van der Waals surface area contributed by atoms with Gasteiger partial charge in [0.1, 0.15) is 5.01 Å². The van der Waals surface area contributed by atoms with Gasteiger partial charge in [-0.2, -0.15) is 0 Å². The topological polar surface area (TPSA) is 42.0 Å². The van der Waals surface area contributed by atoms with Crippen molar-refractivity contribution in [3.63, 3.8) is 0 Å². The molecule has 3 rings (SSSR count). The molecule has 1 heterocycles. The summed E-state index contributed by atoms with van der Waals surface area (Å²) in [5, 5.41) is 5.88. The molecule has 0 atom stereocenters. The lowest BCUT2D eigenvalue weighted by Gasteiger charge is -2.05. The molecule has 3 aromatic rings. The molecule has 0 radical (unpaired) electrons. The maximum atomic E-state index is 12.2. The first kappa shape index (κ1) is 15.2. The average molecular weight is 420 g/mol. The molecule has 0 saturated carbocycles. The number of hydrogen-bond acceptors (Lipinski definition) is 3. The fourth-order valence-corrected chi connectivity index (χ4v) is 3.47. The summed E-state index contributed by atoms with van der Waals surface area (Å²) in [5.74, 6) is -0.0701. The number of halogens is 1. The molecular weight excluding hydrogens is 407 g/mol. The Balaban J connectivity index is 1.67. The van der Waals surface area contributed by atoms with E-state index in [1.807, 2.05) is 60.0 Å². The summed E-state index contributed by atoms with van der Waals surface area (Å²) in [4.78, 5) is 16.7. The van der Waals surface area contributed by atoms with Crippen molar-refractivity contribution in [2.75, 3.05) is 0 Å². The Bertz CT molecular complexity index is 786. The summed E-state index contributed by atoms with van der Waals surface area (Å²) >= 11 is 3.76. The summed E-state index contributed by atoms with van der Waals surface area (Å²) in [5.41, 5.74) is 2.67. The maximum absolute atomic E-state index is 12.2. The number of nitrogens with zero attached hydrogens (tertiary/aromatic N) is 1. The van der Waals surface area contributed by atoms with Crippen LogP contribution in [-0.4, -0.2) is 10.9 Å². The first-order valence-electron chi connectivity index (χ1n) is 6.76. The first-order chi connectivity index (χ1) is 10.7. The van der Waals surface area contributed by atoms with Crippen molar-refractivity contribution in [3.05, 3.63) is 74.8 Å². The standard InChI is InChI=1S/C17H13IN2OS/c18-15-9-5-4-8-14(15)16(21)19-10-13-11-22-17(20-13)12-6-2-1-3-7-12/h1-9,11H,10H2,(H,19,21). The number of nitrogens with one attached hydrogen (secondary N) is 1. The van der Waals surface area contributed by atoms with Crippen LogP contribution >= 0.6 is 33.9 Å². The van der Waals surface area contributed by atoms with Gasteiger partial charge < -0.3 is 5.32 Å². The number of thiazole rings is 1. The Morgan fingerprint density at radius 1 is 1.09 bits per heavy atom. The van der Waals surface area contributed by atoms with E-state index in [-0.39, 0.29) is 5.91 Å². The molecule has 1 N–H and O–H groups in total. The summed E-state index contributed by atoms with van der Waals surface area (Å²) in [6, 6.07) is 17.6. The van der Waals surface area contributed by atoms with Gasteiger partial charge in [-0.05, 0) is 34.7 Å². The largest absolute Gasteiger partial charge is 0.346 e. The smallest absolute Gasteiger partial charge is 0.252 e. The molecule has 0 bridgehead atoms. The number of aromatic nitrogens is 1. The zero-order valence-electron chi connectivity index (χ0n) is 11.6. The third-order valence-corrected chi connectivity index (χ3v) is 5.00. The fourth-order valence-electron chi connectivity index (χ4n) is 2.01. The van der Waals surface area contributed by atoms with Crippen LogP contribution in [-0.2, 0) is 6.54 Å². The predicted octanol–water partition coefficient (Wildman–Crippen LogP) is 4.34. The van der Waals surface area contributed by atoms with Crippen molar-refractivity contribution in [2.45, 2.75) is 6.54 Å². The molecule has 0 aliphatic rings. The summed E-state index contributed by atoms with van der Waals surface area (Å²) in [7, 11) is 0. The summed E-state index contributed by atoms with van der Waals surface area (Å²) in [6.07, 6.45) is 0. The van der Waals surface area contributed by atoms with Crippen molar-refractivity contribution in [3.8, 4) is 10.6 Å². The van der Waals surface area contributed by atoms with E-state index >= 15 is 0 Å². The third-order valence-electron chi connectivity index (χ3n) is 3.12. The molecule has 0 unspecified atom stereocenters. The second-order valence-corrected chi connectivity index (χ2v) is 6.69. The van der Waals surface area contributed by atoms with E-state index in [4.69, 9.17) is 0 Å². The maximum Gasteiger partial charge on any atom is 0.252 e. The molecule has 1 amide bonds. The monoisotopic (exact) mass is 420 g/mol. The molecule has 3 nitrogen and oxygen atoms in total. The Kier molecular flexibility index (Phi) is 4.84. The van der Waals surface area contributed by atoms with Crippen LogP contribution in [0.25, 0.3) is 10.6 Å². The van der Waals surface area contributed by atoms with Crippen molar-refractivity contribution >= 4 is 39.8 Å². The second kappa shape index (κ2) is 7.02. The normalized spacial score (nSPS) is 10.4. The summed E-state index contributed by atoms with van der Waals surface area (Å²) < 4.78 is 0.945. The number of hydrogen-bond donors (Lipinski definition) is 1. The van der Waals surface area contributed by atoms with Crippen LogP contribution in [0.2, 0.25) is 0 Å². The number of carbonyl (C=O) groups excluding carboxylic acids is 1. The quantitative estimate of drug-likeness (QED) is 0.638. The van der Waals surface area contributed by atoms with E-state index in [9.17, 15) is 4.79 Å². The van der Waals surface area contributed by atoms with Gasteiger partial charge in [0.25, 0.3) is 5.91 Å². The van der Waals surface area contributed by atoms with Crippen molar-refractivity contribution < 1.29 is 4.79 Å². The molecule has 0 fully saturated rings. The van der Waals surface area contributed by atoms with Crippen LogP contribution < -0.4 is 5.32 Å². The highest BCUT2D eigenvalue weighted by Gasteiger charge is 2.10. The third kappa shape index (κ3) is 3.53. The van der Waals surface area contributed by atoms with E-state index in [0.717, 1.165) is 19.8 Å². The molecule has 0 saturated heterocycles. The zero-order valence-corrected chi connectivity index (χ0v) is 14.6. The van der Waals surface area contributed by atoms with Gasteiger partial charge in [0.15, 0.2) is 0 Å². The predicted molar refractivity (Wildman–Crippen MR) is 97.9 cm³/mol. The van der Waals surface area contributed by atoms with Crippen molar-refractivity contribution in [1.82, 2.24) is 10.3 Å². The van der Waals surface area contributed by atoms with E-state index in [0.29, 0.717) is 12.1 Å². The SMILES string of the molecule is O=C(NCc1csc(-c2ccccc2)n1)c1ccccc1I. The van der Waals surface area contributed by atoms with E-state index in [2.05, 4.69) is 32.9 Å². The fraction of sp³-hybridized carbons (Fsp3) is 0.0588. The van der Waals surface area contributed by atoms with Crippen LogP contribution in [0.4, 0.5) is 0 Å². The minimum atomic E-state index is -0.0701. The minimum absolute atomic E-state index is 0.0701. The Labute approximate surface area is 146 Å². The molecule has 0 aliphatic carbocycles. The lowest BCUT2D eigenvalue weighted by atomic mass is 10.2. The highest BCUT2D eigenvalue weighted by molar-refractivity contribution is 14.1. The molecule has 22 heavy (non-hydrogen) atoms. The van der Waals surface area contributed by atoms with Crippen LogP contribution in [0, 0.1) is 3.57 Å². The van der Waals surface area contributed by atoms with Crippen molar-refractivity contribution in [1.29, 1.82) is 0 Å². The second-order valence-electron chi connectivity index (χ2n) is 4.67. The molecule has 2 aromatic carbocycles. The van der Waals surface area contributed by atoms with Crippen LogP contribution in [0.15, 0.2) is 60.0 Å². The van der Waals surface area contributed by atoms with Gasteiger partial charge in [-0.25, -0.2) is 4.98 Å². The lowest BCUT2D eigenvalue weighted by molar-refractivity contribution is 0.0949. The van der Waals surface area contributed by atoms with E-state index < -0.39 is 0 Å². The molecule has 0 spiro atoms. The number of rotatable bonds is 4. The van der Waals surface area contributed by atoms with Gasteiger partial charge in [-0.15, -0.1) is 11.3 Å². The number of benzene rings is 2. The van der Waals surface area contributed by atoms with Gasteiger partial charge >= 0.3 is 0 Å². The van der Waals surface area contributed by atoms with Gasteiger partial charge in [0.2, 0.25) is 0 Å². The van der Waals surface area contributed by atoms with Crippen LogP contribution in [0.5, 0.6) is 0 Å². The number of carbonyl (C=O) groups is 1. The number of amides is 1. The Morgan fingerprint density at radius 2 is 1.82 bits per heavy atom.